The van der Waals surface area contributed by atoms with Crippen LogP contribution in [-0.2, 0) is 4.74 Å². The lowest BCUT2D eigenvalue weighted by Gasteiger charge is -2.05. The number of rotatable bonds is 2. The van der Waals surface area contributed by atoms with Gasteiger partial charge in [-0.25, -0.2) is 9.18 Å². The molecular formula is C9H10FN3O3S. The lowest BCUT2D eigenvalue weighted by Crippen LogP contribution is -2.21. The molecule has 1 aliphatic rings. The Balaban J connectivity index is 2.28. The number of thioether (sulfide) groups is 1. The first-order valence-corrected chi connectivity index (χ1v) is 5.79. The smallest absolute Gasteiger partial charge is 0.353 e. The molecule has 0 aliphatic carbocycles. The number of nitrogen functional groups attached to an aromatic ring is 1. The first-order chi connectivity index (χ1) is 8.10. The molecule has 1 aliphatic heterocycles. The second kappa shape index (κ2) is 4.76. The van der Waals surface area contributed by atoms with Gasteiger partial charge < -0.3 is 15.6 Å². The van der Waals surface area contributed by atoms with Crippen molar-refractivity contribution >= 4 is 23.8 Å². The number of hydrogen-bond acceptors (Lipinski definition) is 6. The van der Waals surface area contributed by atoms with Gasteiger partial charge in [0.1, 0.15) is 5.76 Å². The molecule has 2 heterocycles. The summed E-state index contributed by atoms with van der Waals surface area (Å²) in [6.45, 7) is -0.120. The minimum absolute atomic E-state index is 0.120. The Morgan fingerprint density at radius 3 is 3.24 bits per heavy atom. The summed E-state index contributed by atoms with van der Waals surface area (Å²) in [5.41, 5.74) is 4.13. The van der Waals surface area contributed by atoms with Crippen LogP contribution in [0.5, 0.6) is 0 Å². The topological polar surface area (TPSA) is 90.4 Å². The molecule has 8 heteroatoms. The van der Waals surface area contributed by atoms with Gasteiger partial charge >= 0.3 is 5.69 Å². The molecule has 0 radical (unpaired) electrons. The molecule has 17 heavy (non-hydrogen) atoms. The fraction of sp³-hybridized carbons (Fsp3) is 0.333. The average molecular weight is 259 g/mol. The third-order valence-electron chi connectivity index (χ3n) is 2.06. The van der Waals surface area contributed by atoms with Gasteiger partial charge in [-0.3, -0.25) is 4.57 Å². The molecule has 2 rings (SSSR count). The highest BCUT2D eigenvalue weighted by Crippen LogP contribution is 2.27. The largest absolute Gasteiger partial charge is 0.479 e. The molecular weight excluding hydrogens is 249 g/mol. The second-order valence-corrected chi connectivity index (χ2v) is 4.45. The molecule has 92 valence electrons. The molecule has 0 amide bonds. The summed E-state index contributed by atoms with van der Waals surface area (Å²) in [6.07, 6.45) is 2.28. The van der Waals surface area contributed by atoms with Gasteiger partial charge in [-0.1, -0.05) is 0 Å². The Bertz CT molecular complexity index is 517. The molecule has 0 spiro atoms. The molecule has 3 N–H and O–H groups in total. The highest BCUT2D eigenvalue weighted by Gasteiger charge is 2.20. The number of nitrogens with two attached hydrogens (primary N) is 1. The van der Waals surface area contributed by atoms with Crippen LogP contribution in [0.4, 0.5) is 10.2 Å². The maximum absolute atomic E-state index is 13.1. The van der Waals surface area contributed by atoms with Crippen LogP contribution in [0, 0.1) is 5.82 Å². The zero-order valence-corrected chi connectivity index (χ0v) is 9.48. The number of aromatic nitrogens is 2. The minimum atomic E-state index is -0.772. The van der Waals surface area contributed by atoms with E-state index in [0.29, 0.717) is 11.5 Å². The number of ether oxygens (including phenoxy) is 1. The molecule has 1 aromatic heterocycles. The maximum Gasteiger partial charge on any atom is 0.353 e. The van der Waals surface area contributed by atoms with Crippen LogP contribution in [0.2, 0.25) is 0 Å². The van der Waals surface area contributed by atoms with E-state index in [4.69, 9.17) is 15.6 Å². The van der Waals surface area contributed by atoms with E-state index in [0.717, 1.165) is 10.8 Å². The highest BCUT2D eigenvalue weighted by atomic mass is 32.2. The Hall–Kier alpha value is -1.54. The van der Waals surface area contributed by atoms with Gasteiger partial charge in [-0.05, 0) is 0 Å². The Kier molecular flexibility index (Phi) is 3.34. The number of nitrogens with zero attached hydrogens (tertiary/aromatic N) is 2. The maximum atomic E-state index is 13.1. The van der Waals surface area contributed by atoms with E-state index in [2.05, 4.69) is 4.98 Å². The standard InChI is InChI=1S/C9H10FN3O3S/c10-6-2-13(9(15)12-8(6)11)1-5-4-17-7(3-14)16-5/h1-2,7,14H,3-4H2,(H2,11,12,15)/b5-1-/t7-/m1/s1. The highest BCUT2D eigenvalue weighted by molar-refractivity contribution is 8.00. The minimum Gasteiger partial charge on any atom is -0.479 e. The van der Waals surface area contributed by atoms with E-state index < -0.39 is 17.3 Å². The lowest BCUT2D eigenvalue weighted by atomic mass is 10.5. The Morgan fingerprint density at radius 2 is 2.59 bits per heavy atom. The molecule has 1 fully saturated rings. The third-order valence-corrected chi connectivity index (χ3v) is 3.13. The van der Waals surface area contributed by atoms with E-state index in [-0.39, 0.29) is 12.0 Å². The van der Waals surface area contributed by atoms with Gasteiger partial charge in [-0.15, -0.1) is 11.8 Å². The van der Waals surface area contributed by atoms with Gasteiger partial charge in [0.25, 0.3) is 0 Å². The second-order valence-electron chi connectivity index (χ2n) is 3.30. The number of hydrogen-bond donors (Lipinski definition) is 2. The number of aliphatic hydroxyl groups excluding tert-OH is 1. The summed E-state index contributed by atoms with van der Waals surface area (Å²) < 4.78 is 19.3. The van der Waals surface area contributed by atoms with Crippen LogP contribution in [0.1, 0.15) is 0 Å². The van der Waals surface area contributed by atoms with Crippen LogP contribution in [-0.4, -0.2) is 32.5 Å². The van der Waals surface area contributed by atoms with Gasteiger partial charge in [0.15, 0.2) is 17.1 Å². The Labute approximate surface area is 99.9 Å². The van der Waals surface area contributed by atoms with Crippen LogP contribution < -0.4 is 11.4 Å². The molecule has 1 atom stereocenters. The molecule has 6 nitrogen and oxygen atoms in total. The lowest BCUT2D eigenvalue weighted by molar-refractivity contribution is 0.133. The molecule has 0 saturated carbocycles. The van der Waals surface area contributed by atoms with Crippen molar-refractivity contribution in [2.45, 2.75) is 5.44 Å². The van der Waals surface area contributed by atoms with E-state index in [1.54, 1.807) is 0 Å². The fourth-order valence-electron chi connectivity index (χ4n) is 1.27. The average Bonchev–Trinajstić information content (AvgIpc) is 2.73. The predicted molar refractivity (Wildman–Crippen MR) is 61.6 cm³/mol. The summed E-state index contributed by atoms with van der Waals surface area (Å²) in [7, 11) is 0. The van der Waals surface area contributed by atoms with Crippen molar-refractivity contribution in [1.29, 1.82) is 0 Å². The van der Waals surface area contributed by atoms with Crippen molar-refractivity contribution < 1.29 is 14.2 Å². The molecule has 0 bridgehead atoms. The molecule has 0 aromatic carbocycles. The normalized spacial score (nSPS) is 21.8. The molecule has 0 unspecified atom stereocenters. The van der Waals surface area contributed by atoms with Crippen molar-refractivity contribution in [2.75, 3.05) is 18.1 Å². The zero-order valence-electron chi connectivity index (χ0n) is 8.67. The Morgan fingerprint density at radius 1 is 1.82 bits per heavy atom. The zero-order chi connectivity index (χ0) is 12.4. The summed E-state index contributed by atoms with van der Waals surface area (Å²) in [4.78, 5) is 14.7. The van der Waals surface area contributed by atoms with Crippen molar-refractivity contribution in [2.24, 2.45) is 0 Å². The molecule has 1 aromatic rings. The van der Waals surface area contributed by atoms with E-state index in [1.807, 2.05) is 0 Å². The van der Waals surface area contributed by atoms with Gasteiger partial charge in [0, 0.05) is 0 Å². The summed E-state index contributed by atoms with van der Waals surface area (Å²) in [6, 6.07) is 0. The fourth-order valence-corrected chi connectivity index (χ4v) is 2.06. The van der Waals surface area contributed by atoms with Crippen LogP contribution in [0.3, 0.4) is 0 Å². The van der Waals surface area contributed by atoms with Crippen LogP contribution in [0.15, 0.2) is 16.8 Å². The predicted octanol–water partition coefficient (Wildman–Crippen LogP) is -0.155. The first kappa shape index (κ1) is 11.9. The van der Waals surface area contributed by atoms with E-state index in [1.165, 1.54) is 18.0 Å². The molecule has 1 saturated heterocycles. The van der Waals surface area contributed by atoms with Crippen LogP contribution >= 0.6 is 11.8 Å². The first-order valence-electron chi connectivity index (χ1n) is 4.74. The quantitative estimate of drug-likeness (QED) is 0.767. The van der Waals surface area contributed by atoms with E-state index >= 15 is 0 Å². The summed E-state index contributed by atoms with van der Waals surface area (Å²) in [5.74, 6) is -0.226. The van der Waals surface area contributed by atoms with E-state index in [9.17, 15) is 9.18 Å². The van der Waals surface area contributed by atoms with Crippen molar-refractivity contribution in [3.8, 4) is 0 Å². The van der Waals surface area contributed by atoms with Crippen molar-refractivity contribution in [3.63, 3.8) is 0 Å². The van der Waals surface area contributed by atoms with Gasteiger partial charge in [0.2, 0.25) is 0 Å². The van der Waals surface area contributed by atoms with Crippen LogP contribution in [0.25, 0.3) is 6.20 Å². The van der Waals surface area contributed by atoms with Crippen molar-refractivity contribution in [1.82, 2.24) is 9.55 Å². The third kappa shape index (κ3) is 2.59. The summed E-state index contributed by atoms with van der Waals surface area (Å²) in [5, 5.41) is 8.85. The van der Waals surface area contributed by atoms with Gasteiger partial charge in [-0.2, -0.15) is 4.98 Å². The SMILES string of the molecule is Nc1nc(=O)n(/C=C2/CS[C@H](CO)O2)cc1F. The monoisotopic (exact) mass is 259 g/mol. The van der Waals surface area contributed by atoms with Crippen molar-refractivity contribution in [3.05, 3.63) is 28.3 Å². The number of anilines is 1. The van der Waals surface area contributed by atoms with Gasteiger partial charge in [0.05, 0.1) is 24.8 Å². The number of halogens is 1. The summed E-state index contributed by atoms with van der Waals surface area (Å²) >= 11 is 1.39. The number of aliphatic hydroxyl groups is 1.